The summed E-state index contributed by atoms with van der Waals surface area (Å²) in [6.07, 6.45) is 8.56. The maximum Gasteiger partial charge on any atom is 0.334 e. The summed E-state index contributed by atoms with van der Waals surface area (Å²) < 4.78 is 35.0. The van der Waals surface area contributed by atoms with E-state index in [1.807, 2.05) is 38.1 Å². The Morgan fingerprint density at radius 3 is 2.66 bits per heavy atom. The Balaban J connectivity index is 1.74. The van der Waals surface area contributed by atoms with E-state index in [-0.39, 0.29) is 10.9 Å². The van der Waals surface area contributed by atoms with Crippen LogP contribution in [0.25, 0.3) is 10.9 Å². The van der Waals surface area contributed by atoms with E-state index in [9.17, 15) is 13.2 Å². The van der Waals surface area contributed by atoms with Gasteiger partial charge in [0.1, 0.15) is 4.90 Å². The Kier molecular flexibility index (Phi) is 8.28. The zero-order valence-electron chi connectivity index (χ0n) is 21.5. The Morgan fingerprint density at radius 1 is 1.08 bits per heavy atom. The van der Waals surface area contributed by atoms with Crippen LogP contribution in [-0.2, 0) is 26.0 Å². The van der Waals surface area contributed by atoms with Gasteiger partial charge in [0.05, 0.1) is 18.3 Å². The maximum atomic E-state index is 13.7. The van der Waals surface area contributed by atoms with E-state index in [0.29, 0.717) is 52.7 Å². The number of aryl methyl sites for hydroxylation is 1. The minimum absolute atomic E-state index is 0.171. The van der Waals surface area contributed by atoms with Crippen LogP contribution in [0, 0.1) is 11.8 Å². The van der Waals surface area contributed by atoms with Gasteiger partial charge in [-0.05, 0) is 60.4 Å². The molecule has 0 aliphatic heterocycles. The summed E-state index contributed by atoms with van der Waals surface area (Å²) >= 11 is 0. The highest BCUT2D eigenvalue weighted by Crippen LogP contribution is 2.28. The number of methoxy groups -OCH3 is 1. The monoisotopic (exact) mass is 524 g/mol. The second-order valence-electron chi connectivity index (χ2n) is 8.55. The topological polar surface area (TPSA) is 85.4 Å². The van der Waals surface area contributed by atoms with Crippen molar-refractivity contribution in [2.45, 2.75) is 38.0 Å². The molecule has 0 unspecified atom stereocenters. The van der Waals surface area contributed by atoms with E-state index >= 15 is 0 Å². The number of esters is 1. The molecule has 6 nitrogen and oxygen atoms in total. The van der Waals surface area contributed by atoms with Gasteiger partial charge in [-0.15, -0.1) is 5.73 Å². The summed E-state index contributed by atoms with van der Waals surface area (Å²) in [6.45, 7) is 3.88. The van der Waals surface area contributed by atoms with Gasteiger partial charge in [0, 0.05) is 34.7 Å². The molecule has 0 saturated heterocycles. The number of fused-ring (bicyclic) bond motifs is 1. The van der Waals surface area contributed by atoms with E-state index < -0.39 is 10.0 Å². The van der Waals surface area contributed by atoms with Crippen LogP contribution in [0.4, 0.5) is 5.69 Å². The number of para-hydroxylation sites is 1. The number of allylic oxidation sites excluding steroid dienone is 4. The quantitative estimate of drug-likeness (QED) is 0.248. The minimum atomic E-state index is -3.97. The van der Waals surface area contributed by atoms with Crippen LogP contribution in [0.2, 0.25) is 0 Å². The van der Waals surface area contributed by atoms with Crippen molar-refractivity contribution in [2.75, 3.05) is 11.8 Å². The molecule has 1 N–H and O–H groups in total. The van der Waals surface area contributed by atoms with Crippen LogP contribution >= 0.6 is 0 Å². The molecule has 192 valence electrons. The Hall–Kier alpha value is -4.37. The number of sulfonamides is 1. The first-order valence-corrected chi connectivity index (χ1v) is 13.8. The van der Waals surface area contributed by atoms with Crippen molar-refractivity contribution in [1.29, 1.82) is 0 Å². The molecule has 38 heavy (non-hydrogen) atoms. The number of hydrogen-bond donors (Lipinski definition) is 1. The van der Waals surface area contributed by atoms with Gasteiger partial charge in [-0.1, -0.05) is 56.0 Å². The van der Waals surface area contributed by atoms with E-state index in [1.165, 1.54) is 7.11 Å². The van der Waals surface area contributed by atoms with Crippen LogP contribution in [0.1, 0.15) is 37.8 Å². The molecule has 0 fully saturated rings. The smallest absolute Gasteiger partial charge is 0.334 e. The average molecular weight is 525 g/mol. The molecule has 0 atom stereocenters. The summed E-state index contributed by atoms with van der Waals surface area (Å²) in [5.41, 5.74) is 7.08. The predicted octanol–water partition coefficient (Wildman–Crippen LogP) is 5.87. The summed E-state index contributed by atoms with van der Waals surface area (Å²) in [7, 11) is -2.61. The van der Waals surface area contributed by atoms with Gasteiger partial charge in [0.2, 0.25) is 0 Å². The second kappa shape index (κ2) is 11.8. The van der Waals surface area contributed by atoms with E-state index in [0.717, 1.165) is 11.0 Å². The summed E-state index contributed by atoms with van der Waals surface area (Å²) in [5.74, 6) is 5.82. The third-order valence-corrected chi connectivity index (χ3v) is 7.65. The highest BCUT2D eigenvalue weighted by atomic mass is 32.2. The van der Waals surface area contributed by atoms with Crippen molar-refractivity contribution < 1.29 is 17.9 Å². The lowest BCUT2D eigenvalue weighted by Crippen LogP contribution is -2.16. The SMILES string of the molecule is CCC1=C(C(=O)OC)CC=C=CC(C#Cc2ccccc2NS(=O)(=O)c2c(CC)ccc3cccnc23)=C1. The first-order valence-electron chi connectivity index (χ1n) is 12.3. The standard InChI is InChI=1S/C31H28N2O4S/c1-4-23-18-19-26-13-10-20-32-29(26)30(23)38(35,36)33-28-15-9-7-12-25(28)17-16-22-11-6-8-14-27(31(34)37-3)24(5-2)21-22/h7-13,15,18-21,33H,4-5,14H2,1-3H3. The van der Waals surface area contributed by atoms with E-state index in [2.05, 4.69) is 27.3 Å². The van der Waals surface area contributed by atoms with Crippen LogP contribution in [-0.4, -0.2) is 26.5 Å². The molecular weight excluding hydrogens is 496 g/mol. The zero-order chi connectivity index (χ0) is 27.1. The lowest BCUT2D eigenvalue weighted by molar-refractivity contribution is -0.136. The van der Waals surface area contributed by atoms with Gasteiger partial charge in [0.25, 0.3) is 10.0 Å². The summed E-state index contributed by atoms with van der Waals surface area (Å²) in [5, 5.41) is 0.750. The molecule has 1 aromatic heterocycles. The number of carbonyl (C=O) groups excluding carboxylic acids is 1. The number of hydrogen-bond acceptors (Lipinski definition) is 5. The molecule has 3 aromatic rings. The van der Waals surface area contributed by atoms with Crippen LogP contribution in [0.3, 0.4) is 0 Å². The molecule has 1 heterocycles. The van der Waals surface area contributed by atoms with Gasteiger partial charge in [-0.2, -0.15) is 0 Å². The van der Waals surface area contributed by atoms with Crippen LogP contribution in [0.15, 0.2) is 100 Å². The van der Waals surface area contributed by atoms with Crippen molar-refractivity contribution in [2.24, 2.45) is 0 Å². The lowest BCUT2D eigenvalue weighted by Gasteiger charge is -2.14. The van der Waals surface area contributed by atoms with Crippen molar-refractivity contribution in [3.8, 4) is 11.8 Å². The number of nitrogens with zero attached hydrogens (tertiary/aromatic N) is 1. The highest BCUT2D eigenvalue weighted by Gasteiger charge is 2.23. The Bertz CT molecular complexity index is 1700. The molecule has 7 heteroatoms. The number of nitrogens with one attached hydrogen (secondary N) is 1. The molecule has 2 aromatic carbocycles. The molecule has 0 spiro atoms. The molecule has 0 amide bonds. The van der Waals surface area contributed by atoms with Gasteiger partial charge < -0.3 is 4.74 Å². The molecule has 1 aliphatic rings. The van der Waals surface area contributed by atoms with Crippen LogP contribution < -0.4 is 4.72 Å². The molecule has 0 radical (unpaired) electrons. The fourth-order valence-electron chi connectivity index (χ4n) is 4.24. The maximum absolute atomic E-state index is 13.7. The average Bonchev–Trinajstić information content (AvgIpc) is 2.92. The fourth-order valence-corrected chi connectivity index (χ4v) is 5.79. The number of aromatic nitrogens is 1. The first kappa shape index (κ1) is 26.7. The minimum Gasteiger partial charge on any atom is -0.466 e. The molecular formula is C31H28N2O4S. The van der Waals surface area contributed by atoms with Gasteiger partial charge in [-0.25, -0.2) is 13.2 Å². The van der Waals surface area contributed by atoms with Gasteiger partial charge in [0.15, 0.2) is 0 Å². The van der Waals surface area contributed by atoms with Gasteiger partial charge >= 0.3 is 5.97 Å². The number of rotatable bonds is 6. The predicted molar refractivity (Wildman–Crippen MR) is 150 cm³/mol. The number of ether oxygens (including phenoxy) is 1. The van der Waals surface area contributed by atoms with Crippen molar-refractivity contribution in [3.63, 3.8) is 0 Å². The Morgan fingerprint density at radius 2 is 1.89 bits per heavy atom. The summed E-state index contributed by atoms with van der Waals surface area (Å²) in [6, 6.07) is 14.3. The van der Waals surface area contributed by atoms with E-state index in [4.69, 9.17) is 4.74 Å². The van der Waals surface area contributed by atoms with Gasteiger partial charge in [-0.3, -0.25) is 9.71 Å². The third-order valence-electron chi connectivity index (χ3n) is 6.17. The number of anilines is 1. The molecule has 0 saturated carbocycles. The lowest BCUT2D eigenvalue weighted by atomic mass is 9.98. The number of pyridine rings is 1. The molecule has 0 bridgehead atoms. The van der Waals surface area contributed by atoms with Crippen LogP contribution in [0.5, 0.6) is 0 Å². The third kappa shape index (κ3) is 5.78. The fraction of sp³-hybridized carbons (Fsp3) is 0.194. The summed E-state index contributed by atoms with van der Waals surface area (Å²) in [4.78, 5) is 16.8. The highest BCUT2D eigenvalue weighted by molar-refractivity contribution is 7.93. The zero-order valence-corrected chi connectivity index (χ0v) is 22.4. The molecule has 4 rings (SSSR count). The van der Waals surface area contributed by atoms with Crippen molar-refractivity contribution in [1.82, 2.24) is 4.98 Å². The molecule has 1 aliphatic carbocycles. The van der Waals surface area contributed by atoms with Crippen molar-refractivity contribution in [3.05, 3.63) is 107 Å². The largest absolute Gasteiger partial charge is 0.466 e. The normalized spacial score (nSPS) is 13.3. The second-order valence-corrected chi connectivity index (χ2v) is 10.2. The van der Waals surface area contributed by atoms with E-state index in [1.54, 1.807) is 48.7 Å². The first-order chi connectivity index (χ1) is 18.4. The van der Waals surface area contributed by atoms with Crippen molar-refractivity contribution >= 4 is 32.6 Å². The number of carbonyl (C=O) groups is 1. The number of benzene rings is 2. The Labute approximate surface area is 223 Å².